The lowest BCUT2D eigenvalue weighted by molar-refractivity contribution is -0.159. The summed E-state index contributed by atoms with van der Waals surface area (Å²) in [6.07, 6.45) is 2.52. The fourth-order valence-corrected chi connectivity index (χ4v) is 4.35. The topological polar surface area (TPSA) is 78.9 Å². The third-order valence-electron chi connectivity index (χ3n) is 6.35. The van der Waals surface area contributed by atoms with Crippen molar-refractivity contribution in [3.8, 4) is 0 Å². The zero-order valence-corrected chi connectivity index (χ0v) is 18.5. The minimum atomic E-state index is -1.75. The van der Waals surface area contributed by atoms with Gasteiger partial charge in [-0.15, -0.1) is 0 Å². The number of halogens is 3. The summed E-state index contributed by atoms with van der Waals surface area (Å²) in [7, 11) is 0. The van der Waals surface area contributed by atoms with E-state index in [9.17, 15) is 14.4 Å². The maximum Gasteiger partial charge on any atom is 0.344 e. The highest BCUT2D eigenvalue weighted by molar-refractivity contribution is 6.67. The van der Waals surface area contributed by atoms with Crippen molar-refractivity contribution in [3.05, 3.63) is 12.2 Å². The minimum Gasteiger partial charge on any atom is -0.462 e. The highest BCUT2D eigenvalue weighted by atomic mass is 35.6. The van der Waals surface area contributed by atoms with Crippen molar-refractivity contribution in [2.45, 2.75) is 56.4 Å². The van der Waals surface area contributed by atoms with Gasteiger partial charge in [0, 0.05) is 11.0 Å². The number of alkyl halides is 3. The molecule has 2 bridgehead atoms. The molecule has 2 saturated carbocycles. The Morgan fingerprint density at radius 2 is 1.75 bits per heavy atom. The van der Waals surface area contributed by atoms with Crippen LogP contribution in [-0.2, 0) is 28.6 Å². The molecule has 158 valence electrons. The van der Waals surface area contributed by atoms with Crippen molar-refractivity contribution < 1.29 is 28.6 Å². The van der Waals surface area contributed by atoms with Crippen LogP contribution in [0.1, 0.15) is 46.5 Å². The third kappa shape index (κ3) is 5.14. The van der Waals surface area contributed by atoms with E-state index in [0.29, 0.717) is 5.92 Å². The van der Waals surface area contributed by atoms with Gasteiger partial charge in [-0.1, -0.05) is 62.2 Å². The summed E-state index contributed by atoms with van der Waals surface area (Å²) in [4.78, 5) is 35.6. The molecule has 0 aliphatic heterocycles. The zero-order valence-electron chi connectivity index (χ0n) is 16.2. The molecule has 0 radical (unpaired) electrons. The van der Waals surface area contributed by atoms with Gasteiger partial charge in [-0.25, -0.2) is 9.59 Å². The Labute approximate surface area is 179 Å². The number of carbonyl (C=O) groups is 3. The summed E-state index contributed by atoms with van der Waals surface area (Å²) in [6, 6.07) is 0. The molecular weight excluding hydrogens is 431 g/mol. The quantitative estimate of drug-likeness (QED) is 0.248. The highest BCUT2D eigenvalue weighted by Crippen LogP contribution is 2.66. The van der Waals surface area contributed by atoms with Crippen LogP contribution in [0.25, 0.3) is 0 Å². The lowest BCUT2D eigenvalue weighted by Crippen LogP contribution is -2.38. The molecule has 0 amide bonds. The van der Waals surface area contributed by atoms with Gasteiger partial charge < -0.3 is 14.2 Å². The number of hydrogen-bond donors (Lipinski definition) is 0. The molecule has 0 aromatic rings. The predicted octanol–water partition coefficient (Wildman–Crippen LogP) is 4.15. The van der Waals surface area contributed by atoms with Gasteiger partial charge in [0.15, 0.2) is 6.61 Å². The molecule has 28 heavy (non-hydrogen) atoms. The number of ether oxygens (including phenoxy) is 3. The normalized spacial score (nSPS) is 27.9. The molecule has 0 saturated heterocycles. The van der Waals surface area contributed by atoms with Crippen molar-refractivity contribution >= 4 is 52.7 Å². The highest BCUT2D eigenvalue weighted by Gasteiger charge is 2.62. The maximum absolute atomic E-state index is 12.3. The van der Waals surface area contributed by atoms with E-state index in [2.05, 4.69) is 32.1 Å². The molecule has 3 unspecified atom stereocenters. The molecule has 0 spiro atoms. The number of hydrogen-bond acceptors (Lipinski definition) is 6. The van der Waals surface area contributed by atoms with Gasteiger partial charge in [0.05, 0.1) is 6.42 Å². The smallest absolute Gasteiger partial charge is 0.344 e. The Morgan fingerprint density at radius 1 is 1.11 bits per heavy atom. The van der Waals surface area contributed by atoms with Crippen LogP contribution in [0, 0.1) is 16.7 Å². The van der Waals surface area contributed by atoms with Crippen molar-refractivity contribution in [1.29, 1.82) is 0 Å². The van der Waals surface area contributed by atoms with Crippen molar-refractivity contribution in [2.24, 2.45) is 16.7 Å². The van der Waals surface area contributed by atoms with E-state index in [1.54, 1.807) is 0 Å². The van der Waals surface area contributed by atoms with E-state index >= 15 is 0 Å². The van der Waals surface area contributed by atoms with Gasteiger partial charge in [-0.3, -0.25) is 4.79 Å². The molecule has 9 heteroatoms. The number of rotatable bonds is 7. The van der Waals surface area contributed by atoms with Gasteiger partial charge in [0.25, 0.3) is 0 Å². The Morgan fingerprint density at radius 3 is 2.25 bits per heavy atom. The van der Waals surface area contributed by atoms with E-state index in [1.807, 2.05) is 0 Å². The van der Waals surface area contributed by atoms with E-state index in [0.717, 1.165) is 19.3 Å². The van der Waals surface area contributed by atoms with E-state index in [-0.39, 0.29) is 28.9 Å². The Balaban J connectivity index is 1.76. The second kappa shape index (κ2) is 8.41. The van der Waals surface area contributed by atoms with Crippen molar-refractivity contribution in [1.82, 2.24) is 0 Å². The van der Waals surface area contributed by atoms with E-state index in [1.165, 1.54) is 0 Å². The van der Waals surface area contributed by atoms with Gasteiger partial charge in [0.2, 0.25) is 3.79 Å². The van der Waals surface area contributed by atoms with Gasteiger partial charge >= 0.3 is 17.9 Å². The molecule has 0 aromatic carbocycles. The van der Waals surface area contributed by atoms with Crippen LogP contribution in [0.5, 0.6) is 0 Å². The first-order valence-corrected chi connectivity index (χ1v) is 10.2. The van der Waals surface area contributed by atoms with Crippen molar-refractivity contribution in [3.63, 3.8) is 0 Å². The summed E-state index contributed by atoms with van der Waals surface area (Å²) in [5, 5.41) is 0. The minimum absolute atomic E-state index is 0.0680. The van der Waals surface area contributed by atoms with Crippen LogP contribution in [-0.4, -0.2) is 41.0 Å². The number of esters is 3. The molecule has 3 atom stereocenters. The predicted molar refractivity (Wildman–Crippen MR) is 105 cm³/mol. The summed E-state index contributed by atoms with van der Waals surface area (Å²) >= 11 is 16.3. The van der Waals surface area contributed by atoms with Crippen LogP contribution in [0.4, 0.5) is 0 Å². The number of carbonyl (C=O) groups excluding carboxylic acids is 3. The van der Waals surface area contributed by atoms with Crippen LogP contribution in [0.3, 0.4) is 0 Å². The fraction of sp³-hybridized carbons (Fsp3) is 0.737. The molecule has 2 rings (SSSR count). The van der Waals surface area contributed by atoms with Gasteiger partial charge in [-0.05, 0) is 30.6 Å². The van der Waals surface area contributed by atoms with Gasteiger partial charge in [-0.2, -0.15) is 0 Å². The Kier molecular flexibility index (Phi) is 6.99. The lowest BCUT2D eigenvalue weighted by Gasteiger charge is -2.38. The molecular formula is C19H25Cl3O6. The number of fused-ring (bicyclic) bond motifs is 2. The fourth-order valence-electron chi connectivity index (χ4n) is 4.19. The average Bonchev–Trinajstić information content (AvgIpc) is 2.90. The Bertz CT molecular complexity index is 669. The van der Waals surface area contributed by atoms with Crippen LogP contribution in [0.2, 0.25) is 0 Å². The lowest BCUT2D eigenvalue weighted by atomic mass is 9.70. The van der Waals surface area contributed by atoms with E-state index < -0.39 is 34.9 Å². The molecule has 2 fully saturated rings. The van der Waals surface area contributed by atoms with Gasteiger partial charge in [0.1, 0.15) is 12.7 Å². The van der Waals surface area contributed by atoms with Crippen LogP contribution < -0.4 is 0 Å². The molecule has 6 nitrogen and oxygen atoms in total. The van der Waals surface area contributed by atoms with Crippen molar-refractivity contribution in [2.75, 3.05) is 13.2 Å². The second-order valence-electron chi connectivity index (χ2n) is 8.22. The van der Waals surface area contributed by atoms with Crippen LogP contribution in [0.15, 0.2) is 12.2 Å². The first-order chi connectivity index (χ1) is 12.8. The average molecular weight is 456 g/mol. The molecule has 0 N–H and O–H groups in total. The summed E-state index contributed by atoms with van der Waals surface area (Å²) < 4.78 is 13.3. The molecule has 0 heterocycles. The molecule has 0 aromatic heterocycles. The standard InChI is InChI=1S/C19H25Cl3O6/c1-11(16(25)26-9-15(24)27-10-19(20,21)22)7-14(23)28-13-8-12-5-6-18(13,4)17(12,2)3/h12-13H,1,5-10H2,2-4H3. The molecule has 2 aliphatic carbocycles. The maximum atomic E-state index is 12.3. The monoisotopic (exact) mass is 454 g/mol. The van der Waals surface area contributed by atoms with Crippen LogP contribution >= 0.6 is 34.8 Å². The third-order valence-corrected chi connectivity index (χ3v) is 6.68. The first-order valence-electron chi connectivity index (χ1n) is 9.03. The second-order valence-corrected chi connectivity index (χ2v) is 10.7. The SMILES string of the molecule is C=C(CC(=O)OC1CC2CCC1(C)C2(C)C)C(=O)OCC(=O)OCC(Cl)(Cl)Cl. The largest absolute Gasteiger partial charge is 0.462 e. The summed E-state index contributed by atoms with van der Waals surface area (Å²) in [5.41, 5.74) is -0.0609. The van der Waals surface area contributed by atoms with E-state index in [4.69, 9.17) is 44.3 Å². The Hall–Kier alpha value is -0.980. The zero-order chi connectivity index (χ0) is 21.3. The summed E-state index contributed by atoms with van der Waals surface area (Å²) in [5.74, 6) is -1.77. The summed E-state index contributed by atoms with van der Waals surface area (Å²) in [6.45, 7) is 8.98. The molecule has 2 aliphatic rings. The first kappa shape index (κ1) is 23.3.